The van der Waals surface area contributed by atoms with Crippen LogP contribution in [0.2, 0.25) is 0 Å². The summed E-state index contributed by atoms with van der Waals surface area (Å²) in [6.45, 7) is 9.78. The first kappa shape index (κ1) is 20.4. The molecule has 2 heterocycles. The van der Waals surface area contributed by atoms with Gasteiger partial charge in [0.2, 0.25) is 0 Å². The molecular weight excluding hydrogens is 337 g/mol. The molecule has 8 heteroatoms. The molecule has 0 N–H and O–H groups in total. The zero-order chi connectivity index (χ0) is 19.5. The summed E-state index contributed by atoms with van der Waals surface area (Å²) in [5, 5.41) is 0. The summed E-state index contributed by atoms with van der Waals surface area (Å²) >= 11 is 0. The van der Waals surface area contributed by atoms with E-state index in [4.69, 9.17) is 18.8 Å². The molecule has 2 rings (SSSR count). The number of aromatic nitrogens is 1. The number of methoxy groups -OCH3 is 1. The van der Waals surface area contributed by atoms with Gasteiger partial charge in [0.05, 0.1) is 31.3 Å². The van der Waals surface area contributed by atoms with E-state index >= 15 is 0 Å². The molecule has 1 saturated heterocycles. The van der Waals surface area contributed by atoms with Gasteiger partial charge in [-0.2, -0.15) is 0 Å². The number of carbonyl (C=O) groups is 2. The molecule has 7 nitrogen and oxygen atoms in total. The second kappa shape index (κ2) is 7.76. The summed E-state index contributed by atoms with van der Waals surface area (Å²) in [5.41, 5.74) is -0.426. The van der Waals surface area contributed by atoms with Gasteiger partial charge in [0.25, 0.3) is 0 Å². The molecular formula is C18H26BNO6. The average molecular weight is 363 g/mol. The summed E-state index contributed by atoms with van der Waals surface area (Å²) in [7, 11) is 0.603. The topological polar surface area (TPSA) is 84.0 Å². The Morgan fingerprint density at radius 2 is 1.81 bits per heavy atom. The minimum atomic E-state index is -0.690. The van der Waals surface area contributed by atoms with Gasteiger partial charge < -0.3 is 18.8 Å². The van der Waals surface area contributed by atoms with E-state index in [0.717, 1.165) is 0 Å². The van der Waals surface area contributed by atoms with Crippen molar-refractivity contribution >= 4 is 19.1 Å². The molecule has 0 aromatic carbocycles. The van der Waals surface area contributed by atoms with Gasteiger partial charge in [0, 0.05) is 11.5 Å². The lowest BCUT2D eigenvalue weighted by atomic mass is 9.68. The van der Waals surface area contributed by atoms with E-state index in [9.17, 15) is 9.59 Å². The number of esters is 2. The third kappa shape index (κ3) is 4.24. The third-order valence-electron chi connectivity index (χ3n) is 4.84. The Bertz CT molecular complexity index is 659. The molecule has 1 fully saturated rings. The lowest BCUT2D eigenvalue weighted by Crippen LogP contribution is -2.41. The van der Waals surface area contributed by atoms with Crippen LogP contribution in [0.25, 0.3) is 0 Å². The number of ether oxygens (including phenoxy) is 2. The molecule has 1 atom stereocenters. The number of hydrogen-bond donors (Lipinski definition) is 0. The van der Waals surface area contributed by atoms with E-state index in [1.54, 1.807) is 25.1 Å². The Morgan fingerprint density at radius 1 is 1.19 bits per heavy atom. The van der Waals surface area contributed by atoms with Crippen LogP contribution in [0.4, 0.5) is 0 Å². The molecule has 0 aliphatic carbocycles. The van der Waals surface area contributed by atoms with Gasteiger partial charge in [-0.05, 0) is 46.8 Å². The highest BCUT2D eigenvalue weighted by Gasteiger charge is 2.54. The second-order valence-electron chi connectivity index (χ2n) is 7.18. The maximum Gasteiger partial charge on any atom is 0.468 e. The van der Waals surface area contributed by atoms with Gasteiger partial charge in [-0.1, -0.05) is 6.07 Å². The van der Waals surface area contributed by atoms with E-state index in [1.807, 2.05) is 27.7 Å². The van der Waals surface area contributed by atoms with E-state index in [0.29, 0.717) is 5.69 Å². The Labute approximate surface area is 154 Å². The number of pyridine rings is 1. The lowest BCUT2D eigenvalue weighted by Gasteiger charge is -2.32. The molecule has 1 aromatic rings. The van der Waals surface area contributed by atoms with Gasteiger partial charge >= 0.3 is 19.1 Å². The standard InChI is InChI=1S/C18H26BNO6/c1-7-24-15(21)11-12(19-25-17(2,3)18(4,5)26-19)13-9-8-10-14(20-13)16(22)23-6/h8-10,12H,7,11H2,1-6H3. The van der Waals surface area contributed by atoms with Crippen molar-refractivity contribution in [2.45, 2.75) is 58.1 Å². The van der Waals surface area contributed by atoms with Gasteiger partial charge in [-0.15, -0.1) is 0 Å². The lowest BCUT2D eigenvalue weighted by molar-refractivity contribution is -0.143. The van der Waals surface area contributed by atoms with Crippen LogP contribution in [-0.2, 0) is 23.6 Å². The van der Waals surface area contributed by atoms with Crippen LogP contribution in [-0.4, -0.2) is 49.0 Å². The fraction of sp³-hybridized carbons (Fsp3) is 0.611. The summed E-state index contributed by atoms with van der Waals surface area (Å²) in [4.78, 5) is 28.3. The van der Waals surface area contributed by atoms with Crippen LogP contribution >= 0.6 is 0 Å². The van der Waals surface area contributed by atoms with Gasteiger partial charge in [0.1, 0.15) is 5.69 Å². The van der Waals surface area contributed by atoms with E-state index in [2.05, 4.69) is 4.98 Å². The highest BCUT2D eigenvalue weighted by atomic mass is 16.7. The van der Waals surface area contributed by atoms with Crippen molar-refractivity contribution < 1.29 is 28.4 Å². The maximum atomic E-state index is 12.1. The SMILES string of the molecule is CCOC(=O)CC(B1OC(C)(C)C(C)(C)O1)c1cccc(C(=O)OC)n1. The van der Waals surface area contributed by atoms with Crippen LogP contribution in [0.3, 0.4) is 0 Å². The van der Waals surface area contributed by atoms with Crippen molar-refractivity contribution in [3.05, 3.63) is 29.6 Å². The maximum absolute atomic E-state index is 12.1. The summed E-state index contributed by atoms with van der Waals surface area (Å²) in [6, 6.07) is 4.99. The predicted octanol–water partition coefficient (Wildman–Crippen LogP) is 2.54. The fourth-order valence-corrected chi connectivity index (χ4v) is 2.67. The third-order valence-corrected chi connectivity index (χ3v) is 4.84. The van der Waals surface area contributed by atoms with E-state index in [1.165, 1.54) is 7.11 Å². The Balaban J connectivity index is 2.36. The number of hydrogen-bond acceptors (Lipinski definition) is 7. The molecule has 142 valence electrons. The van der Waals surface area contributed by atoms with Crippen molar-refractivity contribution in [1.29, 1.82) is 0 Å². The zero-order valence-corrected chi connectivity index (χ0v) is 16.2. The van der Waals surface area contributed by atoms with Gasteiger partial charge in [-0.25, -0.2) is 9.78 Å². The molecule has 26 heavy (non-hydrogen) atoms. The minimum absolute atomic E-state index is 0.0301. The number of nitrogens with zero attached hydrogens (tertiary/aromatic N) is 1. The predicted molar refractivity (Wildman–Crippen MR) is 95.6 cm³/mol. The monoisotopic (exact) mass is 363 g/mol. The smallest absolute Gasteiger partial charge is 0.466 e. The van der Waals surface area contributed by atoms with E-state index < -0.39 is 30.1 Å². The molecule has 0 saturated carbocycles. The van der Waals surface area contributed by atoms with Crippen LogP contribution in [0.15, 0.2) is 18.2 Å². The molecule has 1 aliphatic rings. The Morgan fingerprint density at radius 3 is 2.35 bits per heavy atom. The fourth-order valence-electron chi connectivity index (χ4n) is 2.67. The quantitative estimate of drug-likeness (QED) is 0.567. The normalized spacial score (nSPS) is 19.1. The first-order valence-corrected chi connectivity index (χ1v) is 8.68. The van der Waals surface area contributed by atoms with E-state index in [-0.39, 0.29) is 24.7 Å². The van der Waals surface area contributed by atoms with Gasteiger partial charge in [0.15, 0.2) is 0 Å². The summed E-state index contributed by atoms with van der Waals surface area (Å²) in [5.74, 6) is -1.44. The first-order chi connectivity index (χ1) is 12.1. The molecule has 0 spiro atoms. The molecule has 1 unspecified atom stereocenters. The molecule has 0 bridgehead atoms. The van der Waals surface area contributed by atoms with Crippen LogP contribution < -0.4 is 0 Å². The summed E-state index contributed by atoms with van der Waals surface area (Å²) < 4.78 is 22.0. The van der Waals surface area contributed by atoms with Crippen LogP contribution in [0.5, 0.6) is 0 Å². The molecule has 0 amide bonds. The summed E-state index contributed by atoms with van der Waals surface area (Å²) in [6.07, 6.45) is 0.0301. The second-order valence-corrected chi connectivity index (χ2v) is 7.18. The number of carbonyl (C=O) groups excluding carboxylic acids is 2. The Kier molecular flexibility index (Phi) is 6.08. The Hall–Kier alpha value is -1.93. The molecule has 1 aliphatic heterocycles. The molecule has 0 radical (unpaired) electrons. The average Bonchev–Trinajstić information content (AvgIpc) is 2.79. The highest BCUT2D eigenvalue weighted by molar-refractivity contribution is 6.48. The minimum Gasteiger partial charge on any atom is -0.466 e. The first-order valence-electron chi connectivity index (χ1n) is 8.68. The van der Waals surface area contributed by atoms with Crippen molar-refractivity contribution in [2.24, 2.45) is 0 Å². The van der Waals surface area contributed by atoms with Crippen molar-refractivity contribution in [1.82, 2.24) is 4.98 Å². The van der Waals surface area contributed by atoms with Crippen LogP contribution in [0, 0.1) is 0 Å². The highest BCUT2D eigenvalue weighted by Crippen LogP contribution is 2.41. The van der Waals surface area contributed by atoms with Crippen LogP contribution in [0.1, 0.15) is 63.0 Å². The van der Waals surface area contributed by atoms with Crippen molar-refractivity contribution in [2.75, 3.05) is 13.7 Å². The van der Waals surface area contributed by atoms with Crippen molar-refractivity contribution in [3.8, 4) is 0 Å². The largest absolute Gasteiger partial charge is 0.468 e. The zero-order valence-electron chi connectivity index (χ0n) is 16.2. The number of rotatable bonds is 6. The van der Waals surface area contributed by atoms with Crippen molar-refractivity contribution in [3.63, 3.8) is 0 Å². The van der Waals surface area contributed by atoms with Gasteiger partial charge in [-0.3, -0.25) is 4.79 Å². The molecule has 1 aromatic heterocycles.